The van der Waals surface area contributed by atoms with Gasteiger partial charge in [-0.15, -0.1) is 0 Å². The zero-order valence-electron chi connectivity index (χ0n) is 10.5. The van der Waals surface area contributed by atoms with Gasteiger partial charge >= 0.3 is 0 Å². The first-order valence-corrected chi connectivity index (χ1v) is 7.59. The SMILES string of the molecule is CCCN(CCO)S(=O)(=O)c1cc(C#N)ccc1Cl. The Morgan fingerprint density at radius 2 is 2.11 bits per heavy atom. The molecule has 0 aliphatic heterocycles. The summed E-state index contributed by atoms with van der Waals surface area (Å²) in [6.45, 7) is 1.86. The second-order valence-electron chi connectivity index (χ2n) is 3.88. The lowest BCUT2D eigenvalue weighted by Gasteiger charge is -2.21. The first-order valence-electron chi connectivity index (χ1n) is 5.78. The maximum atomic E-state index is 12.4. The molecule has 0 saturated heterocycles. The molecule has 0 spiro atoms. The quantitative estimate of drug-likeness (QED) is 0.865. The molecule has 0 aromatic heterocycles. The topological polar surface area (TPSA) is 81.4 Å². The number of hydrogen-bond donors (Lipinski definition) is 1. The number of sulfonamides is 1. The van der Waals surface area contributed by atoms with Crippen LogP contribution in [0.2, 0.25) is 5.02 Å². The Morgan fingerprint density at radius 3 is 2.63 bits per heavy atom. The largest absolute Gasteiger partial charge is 0.395 e. The number of rotatable bonds is 6. The van der Waals surface area contributed by atoms with E-state index in [1.807, 2.05) is 13.0 Å². The van der Waals surface area contributed by atoms with Crippen LogP contribution in [-0.4, -0.2) is 37.5 Å². The van der Waals surface area contributed by atoms with Crippen LogP contribution in [0.25, 0.3) is 0 Å². The van der Waals surface area contributed by atoms with Crippen LogP contribution in [0.5, 0.6) is 0 Å². The van der Waals surface area contributed by atoms with Gasteiger partial charge in [0.2, 0.25) is 10.0 Å². The predicted octanol–water partition coefficient (Wildman–Crippen LogP) is 1.60. The molecule has 0 saturated carbocycles. The van der Waals surface area contributed by atoms with Crippen molar-refractivity contribution in [3.8, 4) is 6.07 Å². The van der Waals surface area contributed by atoms with Crippen molar-refractivity contribution in [1.82, 2.24) is 4.31 Å². The molecule has 1 aromatic rings. The van der Waals surface area contributed by atoms with Crippen LogP contribution in [0, 0.1) is 11.3 Å². The number of benzene rings is 1. The van der Waals surface area contributed by atoms with Gasteiger partial charge in [0.1, 0.15) is 4.90 Å². The highest BCUT2D eigenvalue weighted by atomic mass is 35.5. The number of hydrogen-bond acceptors (Lipinski definition) is 4. The van der Waals surface area contributed by atoms with E-state index >= 15 is 0 Å². The Labute approximate surface area is 118 Å². The molecule has 0 aliphatic carbocycles. The molecule has 5 nitrogen and oxygen atoms in total. The third kappa shape index (κ3) is 3.67. The Kier molecular flexibility index (Phi) is 5.76. The second-order valence-corrected chi connectivity index (χ2v) is 6.20. The molecule has 7 heteroatoms. The van der Waals surface area contributed by atoms with Gasteiger partial charge in [-0.25, -0.2) is 8.42 Å². The van der Waals surface area contributed by atoms with Gasteiger partial charge in [0.05, 0.1) is 23.3 Å². The standard InChI is InChI=1S/C12H15ClN2O3S/c1-2-5-15(6-7-16)19(17,18)12-8-10(9-14)3-4-11(12)13/h3-4,8,16H,2,5-7H2,1H3. The highest BCUT2D eigenvalue weighted by Crippen LogP contribution is 2.25. The van der Waals surface area contributed by atoms with Gasteiger partial charge in [0, 0.05) is 13.1 Å². The number of nitriles is 1. The van der Waals surface area contributed by atoms with Gasteiger partial charge < -0.3 is 5.11 Å². The third-order valence-corrected chi connectivity index (χ3v) is 4.88. The Morgan fingerprint density at radius 1 is 1.42 bits per heavy atom. The summed E-state index contributed by atoms with van der Waals surface area (Å²) in [5.74, 6) is 0. The van der Waals surface area contributed by atoms with Crippen molar-refractivity contribution in [2.75, 3.05) is 19.7 Å². The van der Waals surface area contributed by atoms with Crippen molar-refractivity contribution in [2.45, 2.75) is 18.2 Å². The normalized spacial score (nSPS) is 11.5. The fourth-order valence-corrected chi connectivity index (χ4v) is 3.65. The third-order valence-electron chi connectivity index (χ3n) is 2.50. The summed E-state index contributed by atoms with van der Waals surface area (Å²) in [5.41, 5.74) is 0.225. The Bertz CT molecular complexity index is 575. The van der Waals surface area contributed by atoms with E-state index < -0.39 is 10.0 Å². The summed E-state index contributed by atoms with van der Waals surface area (Å²) in [4.78, 5) is -0.102. The van der Waals surface area contributed by atoms with Crippen molar-refractivity contribution in [1.29, 1.82) is 5.26 Å². The summed E-state index contributed by atoms with van der Waals surface area (Å²) in [6, 6.07) is 5.97. The van der Waals surface area contributed by atoms with Gasteiger partial charge in [-0.3, -0.25) is 0 Å². The average Bonchev–Trinajstić information content (AvgIpc) is 2.39. The van der Waals surface area contributed by atoms with E-state index in [1.165, 1.54) is 18.2 Å². The molecule has 0 unspecified atom stereocenters. The molecular weight excluding hydrogens is 288 g/mol. The molecule has 0 fully saturated rings. The summed E-state index contributed by atoms with van der Waals surface area (Å²) >= 11 is 5.90. The number of aliphatic hydroxyl groups excluding tert-OH is 1. The van der Waals surface area contributed by atoms with Crippen LogP contribution in [0.15, 0.2) is 23.1 Å². The highest BCUT2D eigenvalue weighted by molar-refractivity contribution is 7.89. The maximum Gasteiger partial charge on any atom is 0.244 e. The second kappa shape index (κ2) is 6.87. The average molecular weight is 303 g/mol. The van der Waals surface area contributed by atoms with Gasteiger partial charge in [0.15, 0.2) is 0 Å². The molecule has 104 valence electrons. The lowest BCUT2D eigenvalue weighted by atomic mass is 10.2. The lowest BCUT2D eigenvalue weighted by molar-refractivity contribution is 0.253. The van der Waals surface area contributed by atoms with E-state index in [2.05, 4.69) is 0 Å². The molecule has 0 radical (unpaired) electrons. The fourth-order valence-electron chi connectivity index (χ4n) is 1.62. The molecule has 0 atom stereocenters. The summed E-state index contributed by atoms with van der Waals surface area (Å²) < 4.78 is 26.0. The minimum atomic E-state index is -3.80. The van der Waals surface area contributed by atoms with E-state index in [0.717, 1.165) is 4.31 Å². The van der Waals surface area contributed by atoms with E-state index in [-0.39, 0.29) is 35.2 Å². The van der Waals surface area contributed by atoms with Crippen molar-refractivity contribution in [3.05, 3.63) is 28.8 Å². The molecule has 0 bridgehead atoms. The summed E-state index contributed by atoms with van der Waals surface area (Å²) in [7, 11) is -3.80. The minimum absolute atomic E-state index is 0.00326. The molecular formula is C12H15ClN2O3S. The highest BCUT2D eigenvalue weighted by Gasteiger charge is 2.26. The smallest absolute Gasteiger partial charge is 0.244 e. The maximum absolute atomic E-state index is 12.4. The van der Waals surface area contributed by atoms with E-state index in [4.69, 9.17) is 22.0 Å². The van der Waals surface area contributed by atoms with Crippen LogP contribution < -0.4 is 0 Å². The zero-order valence-corrected chi connectivity index (χ0v) is 12.1. The van der Waals surface area contributed by atoms with Crippen LogP contribution in [0.3, 0.4) is 0 Å². The van der Waals surface area contributed by atoms with E-state index in [9.17, 15) is 8.42 Å². The Balaban J connectivity index is 3.28. The van der Waals surface area contributed by atoms with Crippen molar-refractivity contribution in [3.63, 3.8) is 0 Å². The van der Waals surface area contributed by atoms with Crippen LogP contribution in [0.1, 0.15) is 18.9 Å². The lowest BCUT2D eigenvalue weighted by Crippen LogP contribution is -2.34. The van der Waals surface area contributed by atoms with Gasteiger partial charge in [-0.05, 0) is 24.6 Å². The van der Waals surface area contributed by atoms with Crippen LogP contribution in [-0.2, 0) is 10.0 Å². The zero-order chi connectivity index (χ0) is 14.5. The first kappa shape index (κ1) is 15.9. The van der Waals surface area contributed by atoms with Crippen LogP contribution in [0.4, 0.5) is 0 Å². The molecule has 0 aliphatic rings. The van der Waals surface area contributed by atoms with E-state index in [0.29, 0.717) is 6.42 Å². The molecule has 0 amide bonds. The molecule has 1 rings (SSSR count). The first-order chi connectivity index (χ1) is 8.97. The molecule has 1 aromatic carbocycles. The van der Waals surface area contributed by atoms with Crippen molar-refractivity contribution >= 4 is 21.6 Å². The monoisotopic (exact) mass is 302 g/mol. The number of halogens is 1. The van der Waals surface area contributed by atoms with Gasteiger partial charge in [-0.2, -0.15) is 9.57 Å². The number of aliphatic hydroxyl groups is 1. The summed E-state index contributed by atoms with van der Waals surface area (Å²) in [6.07, 6.45) is 0.620. The van der Waals surface area contributed by atoms with Gasteiger partial charge in [0.25, 0.3) is 0 Å². The fraction of sp³-hybridized carbons (Fsp3) is 0.417. The minimum Gasteiger partial charge on any atom is -0.395 e. The van der Waals surface area contributed by atoms with Crippen molar-refractivity contribution in [2.24, 2.45) is 0 Å². The van der Waals surface area contributed by atoms with Crippen LogP contribution >= 0.6 is 11.6 Å². The molecule has 0 heterocycles. The van der Waals surface area contributed by atoms with E-state index in [1.54, 1.807) is 0 Å². The predicted molar refractivity (Wildman–Crippen MR) is 72.3 cm³/mol. The molecule has 19 heavy (non-hydrogen) atoms. The van der Waals surface area contributed by atoms with Crippen molar-refractivity contribution < 1.29 is 13.5 Å². The summed E-state index contributed by atoms with van der Waals surface area (Å²) in [5, 5.41) is 17.8. The number of nitrogens with zero attached hydrogens (tertiary/aromatic N) is 2. The Hall–Kier alpha value is -1.13. The van der Waals surface area contributed by atoms with Gasteiger partial charge in [-0.1, -0.05) is 18.5 Å². The molecule has 1 N–H and O–H groups in total.